The largest absolute Gasteiger partial charge is 0.392 e. The van der Waals surface area contributed by atoms with Crippen LogP contribution in [-0.2, 0) is 0 Å². The van der Waals surface area contributed by atoms with E-state index < -0.39 is 6.10 Å². The second kappa shape index (κ2) is 4.61. The van der Waals surface area contributed by atoms with Crippen molar-refractivity contribution in [1.82, 2.24) is 10.3 Å². The molecule has 1 aromatic rings. The van der Waals surface area contributed by atoms with Gasteiger partial charge in [0.25, 0.3) is 5.91 Å². The number of carbonyl (C=O) groups excluding carboxylic acids is 1. The van der Waals surface area contributed by atoms with E-state index in [1.807, 2.05) is 0 Å². The Bertz CT molecular complexity index is 296. The van der Waals surface area contributed by atoms with Crippen molar-refractivity contribution in [2.45, 2.75) is 13.0 Å². The minimum absolute atomic E-state index is 0.191. The molecule has 0 aliphatic rings. The van der Waals surface area contributed by atoms with Gasteiger partial charge in [0, 0.05) is 16.3 Å². The summed E-state index contributed by atoms with van der Waals surface area (Å²) in [5.41, 5.74) is 0.519. The topological polar surface area (TPSA) is 65.1 Å². The lowest BCUT2D eigenvalue weighted by Crippen LogP contribution is -2.30. The third-order valence-electron chi connectivity index (χ3n) is 1.45. The molecule has 0 radical (unpaired) electrons. The van der Waals surface area contributed by atoms with Gasteiger partial charge in [-0.3, -0.25) is 4.79 Å². The van der Waals surface area contributed by atoms with Gasteiger partial charge in [-0.15, -0.1) is 0 Å². The molecule has 0 aliphatic carbocycles. The highest BCUT2D eigenvalue weighted by molar-refractivity contribution is 14.1. The van der Waals surface area contributed by atoms with Crippen LogP contribution in [0.5, 0.6) is 0 Å². The van der Waals surface area contributed by atoms with Gasteiger partial charge in [0.2, 0.25) is 0 Å². The van der Waals surface area contributed by atoms with Gasteiger partial charge in [-0.05, 0) is 35.6 Å². The summed E-state index contributed by atoms with van der Waals surface area (Å²) >= 11 is 2.12. The normalized spacial score (nSPS) is 12.5. The van der Waals surface area contributed by atoms with Gasteiger partial charge in [-0.25, -0.2) is 0 Å². The summed E-state index contributed by atoms with van der Waals surface area (Å²) in [5.74, 6) is -0.191. The lowest BCUT2D eigenvalue weighted by atomic mass is 10.3. The number of hydrogen-bond acceptors (Lipinski definition) is 2. The number of carbonyl (C=O) groups is 1. The van der Waals surface area contributed by atoms with Crippen LogP contribution in [0.1, 0.15) is 17.4 Å². The first kappa shape index (κ1) is 10.5. The van der Waals surface area contributed by atoms with Crippen LogP contribution in [0.15, 0.2) is 12.3 Å². The van der Waals surface area contributed by atoms with E-state index in [9.17, 15) is 4.79 Å². The van der Waals surface area contributed by atoms with E-state index in [2.05, 4.69) is 32.9 Å². The quantitative estimate of drug-likeness (QED) is 0.720. The molecular weight excluding hydrogens is 283 g/mol. The van der Waals surface area contributed by atoms with Crippen molar-refractivity contribution in [1.29, 1.82) is 0 Å². The fourth-order valence-electron chi connectivity index (χ4n) is 0.835. The highest BCUT2D eigenvalue weighted by Gasteiger charge is 2.07. The molecule has 72 valence electrons. The third kappa shape index (κ3) is 3.35. The molecule has 0 bridgehead atoms. The number of halogens is 1. The van der Waals surface area contributed by atoms with Crippen LogP contribution in [0.3, 0.4) is 0 Å². The third-order valence-corrected chi connectivity index (χ3v) is 2.07. The average molecular weight is 294 g/mol. The van der Waals surface area contributed by atoms with Crippen molar-refractivity contribution < 1.29 is 9.90 Å². The van der Waals surface area contributed by atoms with Gasteiger partial charge in [0.1, 0.15) is 5.69 Å². The Kier molecular flexibility index (Phi) is 3.73. The van der Waals surface area contributed by atoms with Crippen molar-refractivity contribution in [3.05, 3.63) is 21.5 Å². The van der Waals surface area contributed by atoms with Crippen LogP contribution in [0.2, 0.25) is 0 Å². The van der Waals surface area contributed by atoms with E-state index in [0.717, 1.165) is 3.57 Å². The molecule has 0 saturated heterocycles. The second-order valence-electron chi connectivity index (χ2n) is 2.79. The number of aliphatic hydroxyl groups excluding tert-OH is 1. The Labute approximate surface area is 89.9 Å². The first-order valence-corrected chi connectivity index (χ1v) is 4.97. The van der Waals surface area contributed by atoms with Crippen LogP contribution in [0.25, 0.3) is 0 Å². The molecule has 1 rings (SSSR count). The molecule has 0 aromatic carbocycles. The number of aromatic amines is 1. The second-order valence-corrected chi connectivity index (χ2v) is 4.04. The van der Waals surface area contributed by atoms with Crippen molar-refractivity contribution in [3.8, 4) is 0 Å². The van der Waals surface area contributed by atoms with Crippen LogP contribution >= 0.6 is 22.6 Å². The molecule has 0 aliphatic heterocycles. The predicted octanol–water partition coefficient (Wildman–Crippen LogP) is 0.730. The molecule has 1 aromatic heterocycles. The Morgan fingerprint density at radius 1 is 1.85 bits per heavy atom. The Balaban J connectivity index is 2.49. The molecule has 1 unspecified atom stereocenters. The van der Waals surface area contributed by atoms with Crippen LogP contribution in [0.4, 0.5) is 0 Å². The minimum atomic E-state index is -0.516. The number of nitrogens with one attached hydrogen (secondary N) is 2. The van der Waals surface area contributed by atoms with Gasteiger partial charge < -0.3 is 15.4 Å². The summed E-state index contributed by atoms with van der Waals surface area (Å²) in [6, 6.07) is 1.75. The summed E-state index contributed by atoms with van der Waals surface area (Å²) in [6.07, 6.45) is 1.23. The monoisotopic (exact) mass is 294 g/mol. The van der Waals surface area contributed by atoms with E-state index in [4.69, 9.17) is 5.11 Å². The minimum Gasteiger partial charge on any atom is -0.392 e. The number of H-pyrrole nitrogens is 1. The van der Waals surface area contributed by atoms with Crippen LogP contribution < -0.4 is 5.32 Å². The van der Waals surface area contributed by atoms with E-state index in [0.29, 0.717) is 5.69 Å². The SMILES string of the molecule is CC(O)CNC(=O)c1cc(I)c[nH]1. The van der Waals surface area contributed by atoms with Crippen molar-refractivity contribution in [2.75, 3.05) is 6.54 Å². The molecule has 5 heteroatoms. The highest BCUT2D eigenvalue weighted by atomic mass is 127. The standard InChI is InChI=1S/C8H11IN2O2/c1-5(12)3-11-8(13)7-2-6(9)4-10-7/h2,4-5,10,12H,3H2,1H3,(H,11,13). The molecule has 3 N–H and O–H groups in total. The average Bonchev–Trinajstić information content (AvgIpc) is 2.47. The van der Waals surface area contributed by atoms with Gasteiger partial charge in [-0.2, -0.15) is 0 Å². The first-order chi connectivity index (χ1) is 6.09. The van der Waals surface area contributed by atoms with E-state index >= 15 is 0 Å². The maximum atomic E-state index is 11.3. The molecule has 0 spiro atoms. The molecular formula is C8H11IN2O2. The highest BCUT2D eigenvalue weighted by Crippen LogP contribution is 2.05. The Morgan fingerprint density at radius 2 is 2.54 bits per heavy atom. The molecule has 13 heavy (non-hydrogen) atoms. The van der Waals surface area contributed by atoms with Gasteiger partial charge in [0.15, 0.2) is 0 Å². The summed E-state index contributed by atoms with van der Waals surface area (Å²) in [5, 5.41) is 11.5. The fourth-order valence-corrected chi connectivity index (χ4v) is 1.30. The maximum Gasteiger partial charge on any atom is 0.267 e. The molecule has 0 fully saturated rings. The smallest absolute Gasteiger partial charge is 0.267 e. The summed E-state index contributed by atoms with van der Waals surface area (Å²) in [4.78, 5) is 14.1. The Morgan fingerprint density at radius 3 is 3.00 bits per heavy atom. The van der Waals surface area contributed by atoms with E-state index in [1.165, 1.54) is 0 Å². The van der Waals surface area contributed by atoms with Crippen molar-refractivity contribution in [2.24, 2.45) is 0 Å². The summed E-state index contributed by atoms with van der Waals surface area (Å²) in [7, 11) is 0. The molecule has 1 atom stereocenters. The lowest BCUT2D eigenvalue weighted by Gasteiger charge is -2.04. The molecule has 0 saturated carbocycles. The first-order valence-electron chi connectivity index (χ1n) is 3.90. The number of aromatic nitrogens is 1. The lowest BCUT2D eigenvalue weighted by molar-refractivity contribution is 0.0919. The zero-order chi connectivity index (χ0) is 9.84. The van der Waals surface area contributed by atoms with Gasteiger partial charge >= 0.3 is 0 Å². The Hall–Kier alpha value is -0.560. The van der Waals surface area contributed by atoms with Crippen molar-refractivity contribution >= 4 is 28.5 Å². The zero-order valence-electron chi connectivity index (χ0n) is 7.17. The maximum absolute atomic E-state index is 11.3. The van der Waals surface area contributed by atoms with Crippen LogP contribution in [0, 0.1) is 3.57 Å². The van der Waals surface area contributed by atoms with Gasteiger partial charge in [0.05, 0.1) is 6.10 Å². The number of rotatable bonds is 3. The van der Waals surface area contributed by atoms with Gasteiger partial charge in [-0.1, -0.05) is 0 Å². The number of aliphatic hydroxyl groups is 1. The fraction of sp³-hybridized carbons (Fsp3) is 0.375. The van der Waals surface area contributed by atoms with E-state index in [1.54, 1.807) is 19.2 Å². The summed E-state index contributed by atoms with van der Waals surface area (Å²) < 4.78 is 0.986. The molecule has 4 nitrogen and oxygen atoms in total. The number of amides is 1. The molecule has 1 heterocycles. The predicted molar refractivity (Wildman–Crippen MR) is 57.5 cm³/mol. The zero-order valence-corrected chi connectivity index (χ0v) is 9.33. The molecule has 1 amide bonds. The van der Waals surface area contributed by atoms with E-state index in [-0.39, 0.29) is 12.5 Å². The van der Waals surface area contributed by atoms with Crippen LogP contribution in [-0.4, -0.2) is 28.6 Å². The van der Waals surface area contributed by atoms with Crippen molar-refractivity contribution in [3.63, 3.8) is 0 Å². The number of hydrogen-bond donors (Lipinski definition) is 3. The summed E-state index contributed by atoms with van der Waals surface area (Å²) in [6.45, 7) is 1.90.